The van der Waals surface area contributed by atoms with Crippen LogP contribution in [-0.2, 0) is 9.53 Å². The monoisotopic (exact) mass is 274 g/mol. The summed E-state index contributed by atoms with van der Waals surface area (Å²) in [4.78, 5) is 16.4. The second-order valence-corrected chi connectivity index (χ2v) is 4.37. The van der Waals surface area contributed by atoms with Crippen LogP contribution in [0.2, 0.25) is 0 Å². The molecular weight excluding hydrogens is 260 g/mol. The minimum atomic E-state index is -0.397. The maximum atomic E-state index is 12.2. The van der Waals surface area contributed by atoms with Gasteiger partial charge in [0.25, 0.3) is 0 Å². The number of anilines is 1. The van der Waals surface area contributed by atoms with Crippen molar-refractivity contribution < 1.29 is 13.9 Å². The minimum Gasteiger partial charge on any atom is -0.472 e. The third-order valence-electron chi connectivity index (χ3n) is 3.15. The molecule has 7 heteroatoms. The van der Waals surface area contributed by atoms with Crippen LogP contribution in [0.1, 0.15) is 25.5 Å². The number of carbonyl (C=O) groups excluding carboxylic acids is 1. The van der Waals surface area contributed by atoms with E-state index in [2.05, 4.69) is 15.4 Å². The molecule has 0 radical (unpaired) electrons. The molecule has 1 aliphatic heterocycles. The van der Waals surface area contributed by atoms with Gasteiger partial charge in [-0.05, 0) is 19.9 Å². The van der Waals surface area contributed by atoms with Gasteiger partial charge in [0.15, 0.2) is 0 Å². The summed E-state index contributed by atoms with van der Waals surface area (Å²) in [6.07, 6.45) is 4.59. The minimum absolute atomic E-state index is 0.317. The van der Waals surface area contributed by atoms with E-state index in [1.54, 1.807) is 30.2 Å². The molecule has 1 N–H and O–H groups in total. The Balaban J connectivity index is 2.12. The van der Waals surface area contributed by atoms with Crippen LogP contribution < -0.4 is 5.32 Å². The fraction of sp³-hybridized carbons (Fsp3) is 0.308. The maximum absolute atomic E-state index is 12.2. The van der Waals surface area contributed by atoms with Crippen molar-refractivity contribution >= 4 is 11.9 Å². The summed E-state index contributed by atoms with van der Waals surface area (Å²) < 4.78 is 11.9. The van der Waals surface area contributed by atoms with Crippen LogP contribution in [0.25, 0.3) is 0 Å². The van der Waals surface area contributed by atoms with Gasteiger partial charge in [-0.3, -0.25) is 0 Å². The average Bonchev–Trinajstić information content (AvgIpc) is 3.07. The van der Waals surface area contributed by atoms with Crippen LogP contribution in [0.4, 0.5) is 5.95 Å². The van der Waals surface area contributed by atoms with Gasteiger partial charge in [-0.2, -0.15) is 10.1 Å². The zero-order valence-electron chi connectivity index (χ0n) is 11.2. The fourth-order valence-electron chi connectivity index (χ4n) is 2.30. The molecule has 0 aliphatic carbocycles. The lowest BCUT2D eigenvalue weighted by molar-refractivity contribution is -0.139. The SMILES string of the molecule is CCOC(=O)C1=C(C)Nc2ncnn2C1c1ccoc1. The number of ether oxygens (including phenoxy) is 1. The lowest BCUT2D eigenvalue weighted by atomic mass is 9.98. The molecular formula is C13H14N4O3. The Morgan fingerprint density at radius 3 is 3.15 bits per heavy atom. The predicted octanol–water partition coefficient (Wildman–Crippen LogP) is 1.72. The number of carbonyl (C=O) groups is 1. The molecule has 0 fully saturated rings. The van der Waals surface area contributed by atoms with Gasteiger partial charge in [-0.15, -0.1) is 0 Å². The third-order valence-corrected chi connectivity index (χ3v) is 3.15. The molecule has 0 bridgehead atoms. The Labute approximate surface area is 115 Å². The van der Waals surface area contributed by atoms with Crippen LogP contribution in [0.3, 0.4) is 0 Å². The van der Waals surface area contributed by atoms with Gasteiger partial charge in [-0.1, -0.05) is 0 Å². The number of rotatable bonds is 3. The fourth-order valence-corrected chi connectivity index (χ4v) is 2.30. The van der Waals surface area contributed by atoms with Crippen molar-refractivity contribution in [2.24, 2.45) is 0 Å². The highest BCUT2D eigenvalue weighted by molar-refractivity contribution is 5.92. The second kappa shape index (κ2) is 4.84. The normalized spacial score (nSPS) is 17.6. The van der Waals surface area contributed by atoms with Crippen molar-refractivity contribution in [3.63, 3.8) is 0 Å². The molecule has 3 rings (SSSR count). The first-order valence-corrected chi connectivity index (χ1v) is 6.29. The topological polar surface area (TPSA) is 82.2 Å². The summed E-state index contributed by atoms with van der Waals surface area (Å²) in [5, 5.41) is 7.24. The molecule has 3 heterocycles. The van der Waals surface area contributed by atoms with E-state index in [1.807, 2.05) is 6.92 Å². The number of hydrogen-bond donors (Lipinski definition) is 1. The number of allylic oxidation sites excluding steroid dienone is 1. The largest absolute Gasteiger partial charge is 0.472 e. The summed E-state index contributed by atoms with van der Waals surface area (Å²) in [5.74, 6) is 0.214. The first-order valence-electron chi connectivity index (χ1n) is 6.29. The smallest absolute Gasteiger partial charge is 0.338 e. The van der Waals surface area contributed by atoms with Crippen LogP contribution in [0, 0.1) is 0 Å². The zero-order chi connectivity index (χ0) is 14.1. The average molecular weight is 274 g/mol. The summed E-state index contributed by atoms with van der Waals surface area (Å²) in [6.45, 7) is 3.91. The molecule has 0 spiro atoms. The van der Waals surface area contributed by atoms with Crippen LogP contribution in [0.15, 0.2) is 40.6 Å². The molecule has 0 aromatic carbocycles. The summed E-state index contributed by atoms with van der Waals surface area (Å²) in [6, 6.07) is 1.40. The first-order chi connectivity index (χ1) is 9.72. The lowest BCUT2D eigenvalue weighted by Crippen LogP contribution is -2.29. The number of nitrogens with one attached hydrogen (secondary N) is 1. The number of fused-ring (bicyclic) bond motifs is 1. The number of nitrogens with zero attached hydrogens (tertiary/aromatic N) is 3. The zero-order valence-corrected chi connectivity index (χ0v) is 11.2. The van der Waals surface area contributed by atoms with Gasteiger partial charge in [0.05, 0.1) is 24.7 Å². The Morgan fingerprint density at radius 2 is 2.45 bits per heavy atom. The van der Waals surface area contributed by atoms with Gasteiger partial charge < -0.3 is 14.5 Å². The van der Waals surface area contributed by atoms with Gasteiger partial charge in [0.2, 0.25) is 5.95 Å². The van der Waals surface area contributed by atoms with Crippen LogP contribution in [0.5, 0.6) is 0 Å². The third kappa shape index (κ3) is 1.87. The van der Waals surface area contributed by atoms with Crippen molar-refractivity contribution in [1.29, 1.82) is 0 Å². The molecule has 2 aromatic rings. The molecule has 0 amide bonds. The number of esters is 1. The quantitative estimate of drug-likeness (QED) is 0.858. The van der Waals surface area contributed by atoms with E-state index in [0.717, 1.165) is 5.56 Å². The van der Waals surface area contributed by atoms with Crippen molar-refractivity contribution in [2.75, 3.05) is 11.9 Å². The number of hydrogen-bond acceptors (Lipinski definition) is 6. The highest BCUT2D eigenvalue weighted by Crippen LogP contribution is 2.35. The van der Waals surface area contributed by atoms with E-state index >= 15 is 0 Å². The van der Waals surface area contributed by atoms with E-state index in [0.29, 0.717) is 23.8 Å². The molecule has 1 aliphatic rings. The molecule has 1 atom stereocenters. The Hall–Kier alpha value is -2.57. The maximum Gasteiger partial charge on any atom is 0.338 e. The van der Waals surface area contributed by atoms with Gasteiger partial charge >= 0.3 is 5.97 Å². The van der Waals surface area contributed by atoms with Gasteiger partial charge in [0.1, 0.15) is 12.4 Å². The predicted molar refractivity (Wildman–Crippen MR) is 69.8 cm³/mol. The highest BCUT2D eigenvalue weighted by Gasteiger charge is 2.34. The highest BCUT2D eigenvalue weighted by atomic mass is 16.5. The standard InChI is InChI=1S/C13H14N4O3/c1-3-20-12(18)10-8(2)16-13-14-7-15-17(13)11(10)9-4-5-19-6-9/h4-7,11H,3H2,1-2H3,(H,14,15,16). The van der Waals surface area contributed by atoms with E-state index in [1.165, 1.54) is 6.33 Å². The van der Waals surface area contributed by atoms with E-state index < -0.39 is 6.04 Å². The van der Waals surface area contributed by atoms with Crippen molar-refractivity contribution in [3.8, 4) is 0 Å². The molecule has 2 aromatic heterocycles. The number of furan rings is 1. The Kier molecular flexibility index (Phi) is 3.02. The van der Waals surface area contributed by atoms with Crippen molar-refractivity contribution in [2.45, 2.75) is 19.9 Å². The molecule has 104 valence electrons. The first kappa shape index (κ1) is 12.5. The van der Waals surface area contributed by atoms with Crippen molar-refractivity contribution in [1.82, 2.24) is 14.8 Å². The lowest BCUT2D eigenvalue weighted by Gasteiger charge is -2.27. The van der Waals surface area contributed by atoms with E-state index in [-0.39, 0.29) is 5.97 Å². The molecule has 7 nitrogen and oxygen atoms in total. The number of aromatic nitrogens is 3. The van der Waals surface area contributed by atoms with Gasteiger partial charge in [-0.25, -0.2) is 9.48 Å². The summed E-state index contributed by atoms with van der Waals surface area (Å²) in [7, 11) is 0. The summed E-state index contributed by atoms with van der Waals surface area (Å²) in [5.41, 5.74) is 2.03. The van der Waals surface area contributed by atoms with Crippen molar-refractivity contribution in [3.05, 3.63) is 41.8 Å². The Morgan fingerprint density at radius 1 is 1.60 bits per heavy atom. The molecule has 0 saturated heterocycles. The second-order valence-electron chi connectivity index (χ2n) is 4.37. The van der Waals surface area contributed by atoms with E-state index in [9.17, 15) is 4.79 Å². The molecule has 0 saturated carbocycles. The van der Waals surface area contributed by atoms with Crippen LogP contribution >= 0.6 is 0 Å². The molecule has 1 unspecified atom stereocenters. The van der Waals surface area contributed by atoms with E-state index in [4.69, 9.17) is 9.15 Å². The summed E-state index contributed by atoms with van der Waals surface area (Å²) >= 11 is 0. The van der Waals surface area contributed by atoms with Gasteiger partial charge in [0, 0.05) is 11.3 Å². The molecule has 20 heavy (non-hydrogen) atoms. The Bertz CT molecular complexity index is 657. The van der Waals surface area contributed by atoms with Crippen LogP contribution in [-0.4, -0.2) is 27.3 Å².